The number of hydrogen-bond donors (Lipinski definition) is 1. The van der Waals surface area contributed by atoms with Crippen molar-refractivity contribution in [1.82, 2.24) is 9.71 Å². The number of carbonyl (C=O) groups excluding carboxylic acids is 1. The fraction of sp³-hybridized carbons (Fsp3) is 0.214. The highest BCUT2D eigenvalue weighted by Gasteiger charge is 2.22. The maximum Gasteiger partial charge on any atom is 0.360 e. The van der Waals surface area contributed by atoms with E-state index in [-0.39, 0.29) is 18.1 Å². The normalized spacial score (nSPS) is 10.1. The number of aryl methyl sites for hydroxylation is 1. The number of carbonyl (C=O) groups is 1. The Labute approximate surface area is 115 Å². The standard InChI is InChI=1S/C14H13N3O3/c1-3-20-14(18)12-9(2)16-13(17(12)19)11-6-4-10(8-15)5-7-11/h4-7,19H,3H2,1-2H3. The van der Waals surface area contributed by atoms with Crippen LogP contribution in [-0.4, -0.2) is 27.5 Å². The zero-order valence-electron chi connectivity index (χ0n) is 11.1. The van der Waals surface area contributed by atoms with Crippen molar-refractivity contribution in [3.8, 4) is 17.5 Å². The van der Waals surface area contributed by atoms with Gasteiger partial charge in [-0.05, 0) is 38.1 Å². The Morgan fingerprint density at radius 2 is 2.10 bits per heavy atom. The van der Waals surface area contributed by atoms with E-state index in [0.29, 0.717) is 21.6 Å². The monoisotopic (exact) mass is 271 g/mol. The molecule has 1 heterocycles. The molecule has 0 saturated heterocycles. The molecule has 0 amide bonds. The molecule has 2 rings (SSSR count). The fourth-order valence-corrected chi connectivity index (χ4v) is 1.83. The number of hydrogen-bond acceptors (Lipinski definition) is 5. The van der Waals surface area contributed by atoms with Crippen LogP contribution < -0.4 is 0 Å². The minimum absolute atomic E-state index is 0.00575. The number of aromatic nitrogens is 2. The largest absolute Gasteiger partial charge is 0.461 e. The first kappa shape index (κ1) is 13.6. The molecule has 20 heavy (non-hydrogen) atoms. The molecule has 1 N–H and O–H groups in total. The summed E-state index contributed by atoms with van der Waals surface area (Å²) < 4.78 is 5.59. The maximum atomic E-state index is 11.7. The summed E-state index contributed by atoms with van der Waals surface area (Å²) in [4.78, 5) is 15.9. The number of rotatable bonds is 3. The Balaban J connectivity index is 2.46. The molecule has 0 atom stereocenters. The van der Waals surface area contributed by atoms with Gasteiger partial charge in [-0.3, -0.25) is 0 Å². The van der Waals surface area contributed by atoms with Crippen LogP contribution >= 0.6 is 0 Å². The molecule has 1 aromatic carbocycles. The van der Waals surface area contributed by atoms with Gasteiger partial charge in [-0.25, -0.2) is 9.78 Å². The molecule has 6 heteroatoms. The molecular weight excluding hydrogens is 258 g/mol. The lowest BCUT2D eigenvalue weighted by molar-refractivity contribution is 0.0476. The summed E-state index contributed by atoms with van der Waals surface area (Å²) in [6.45, 7) is 3.52. The molecule has 0 spiro atoms. The summed E-state index contributed by atoms with van der Waals surface area (Å²) in [6, 6.07) is 8.55. The predicted molar refractivity (Wildman–Crippen MR) is 70.3 cm³/mol. The van der Waals surface area contributed by atoms with Gasteiger partial charge in [-0.2, -0.15) is 9.99 Å². The third-order valence-corrected chi connectivity index (χ3v) is 2.77. The molecule has 0 aliphatic heterocycles. The number of imidazole rings is 1. The van der Waals surface area contributed by atoms with Crippen molar-refractivity contribution in [2.24, 2.45) is 0 Å². The summed E-state index contributed by atoms with van der Waals surface area (Å²) in [5.41, 5.74) is 1.49. The van der Waals surface area contributed by atoms with Gasteiger partial charge >= 0.3 is 5.97 Å². The molecule has 0 radical (unpaired) electrons. The van der Waals surface area contributed by atoms with E-state index in [1.807, 2.05) is 6.07 Å². The van der Waals surface area contributed by atoms with E-state index in [0.717, 1.165) is 0 Å². The SMILES string of the molecule is CCOC(=O)c1c(C)nc(-c2ccc(C#N)cc2)n1O. The third kappa shape index (κ3) is 2.34. The van der Waals surface area contributed by atoms with Crippen LogP contribution in [0.15, 0.2) is 24.3 Å². The summed E-state index contributed by atoms with van der Waals surface area (Å²) in [7, 11) is 0. The molecule has 1 aromatic heterocycles. The van der Waals surface area contributed by atoms with E-state index in [2.05, 4.69) is 4.98 Å². The van der Waals surface area contributed by atoms with Gasteiger partial charge in [0.05, 0.1) is 23.9 Å². The summed E-state index contributed by atoms with van der Waals surface area (Å²) >= 11 is 0. The second-order valence-electron chi connectivity index (χ2n) is 4.09. The fourth-order valence-electron chi connectivity index (χ4n) is 1.83. The quantitative estimate of drug-likeness (QED) is 0.682. The Bertz CT molecular complexity index is 681. The second kappa shape index (κ2) is 5.45. The van der Waals surface area contributed by atoms with Crippen LogP contribution in [-0.2, 0) is 4.74 Å². The van der Waals surface area contributed by atoms with E-state index in [1.54, 1.807) is 38.1 Å². The minimum Gasteiger partial charge on any atom is -0.461 e. The smallest absolute Gasteiger partial charge is 0.360 e. The van der Waals surface area contributed by atoms with Crippen molar-refractivity contribution < 1.29 is 14.7 Å². The van der Waals surface area contributed by atoms with Crippen molar-refractivity contribution in [1.29, 1.82) is 5.26 Å². The summed E-state index contributed by atoms with van der Waals surface area (Å²) in [5, 5.41) is 18.8. The lowest BCUT2D eigenvalue weighted by atomic mass is 10.1. The van der Waals surface area contributed by atoms with Gasteiger partial charge in [0.2, 0.25) is 0 Å². The highest BCUT2D eigenvalue weighted by Crippen LogP contribution is 2.22. The number of ether oxygens (including phenoxy) is 1. The molecule has 102 valence electrons. The lowest BCUT2D eigenvalue weighted by Crippen LogP contribution is -2.12. The Hall–Kier alpha value is -2.81. The van der Waals surface area contributed by atoms with Crippen LogP contribution in [0.1, 0.15) is 28.7 Å². The first-order valence-corrected chi connectivity index (χ1v) is 6.04. The number of nitrogens with zero attached hydrogens (tertiary/aromatic N) is 3. The molecular formula is C14H13N3O3. The Kier molecular flexibility index (Phi) is 3.71. The van der Waals surface area contributed by atoms with Gasteiger partial charge in [0.1, 0.15) is 0 Å². The van der Waals surface area contributed by atoms with Crippen molar-refractivity contribution in [2.45, 2.75) is 13.8 Å². The van der Waals surface area contributed by atoms with E-state index < -0.39 is 5.97 Å². The molecule has 0 unspecified atom stereocenters. The first-order valence-electron chi connectivity index (χ1n) is 6.04. The van der Waals surface area contributed by atoms with Crippen LogP contribution in [0, 0.1) is 18.3 Å². The molecule has 0 bridgehead atoms. The van der Waals surface area contributed by atoms with Crippen molar-refractivity contribution in [3.63, 3.8) is 0 Å². The number of nitriles is 1. The lowest BCUT2D eigenvalue weighted by Gasteiger charge is -2.04. The summed E-state index contributed by atoms with van der Waals surface area (Å²) in [6.07, 6.45) is 0. The number of benzene rings is 1. The molecule has 0 aliphatic rings. The zero-order valence-corrected chi connectivity index (χ0v) is 11.1. The van der Waals surface area contributed by atoms with Gasteiger partial charge in [0.25, 0.3) is 0 Å². The van der Waals surface area contributed by atoms with E-state index in [9.17, 15) is 10.0 Å². The summed E-state index contributed by atoms with van der Waals surface area (Å²) in [5.74, 6) is -0.394. The average molecular weight is 271 g/mol. The zero-order chi connectivity index (χ0) is 14.7. The van der Waals surface area contributed by atoms with Crippen molar-refractivity contribution >= 4 is 5.97 Å². The van der Waals surface area contributed by atoms with Crippen LogP contribution in [0.4, 0.5) is 0 Å². The second-order valence-corrected chi connectivity index (χ2v) is 4.09. The van der Waals surface area contributed by atoms with Gasteiger partial charge in [0.15, 0.2) is 11.5 Å². The van der Waals surface area contributed by atoms with Crippen molar-refractivity contribution in [3.05, 3.63) is 41.2 Å². The van der Waals surface area contributed by atoms with E-state index >= 15 is 0 Å². The van der Waals surface area contributed by atoms with Crippen molar-refractivity contribution in [2.75, 3.05) is 6.61 Å². The highest BCUT2D eigenvalue weighted by molar-refractivity contribution is 5.89. The van der Waals surface area contributed by atoms with Crippen LogP contribution in [0.25, 0.3) is 11.4 Å². The molecule has 0 aliphatic carbocycles. The molecule has 0 fully saturated rings. The van der Waals surface area contributed by atoms with Crippen LogP contribution in [0.2, 0.25) is 0 Å². The van der Waals surface area contributed by atoms with E-state index in [1.165, 1.54) is 0 Å². The Morgan fingerprint density at radius 3 is 2.65 bits per heavy atom. The van der Waals surface area contributed by atoms with Gasteiger partial charge in [0, 0.05) is 5.56 Å². The molecule has 6 nitrogen and oxygen atoms in total. The van der Waals surface area contributed by atoms with Gasteiger partial charge < -0.3 is 9.94 Å². The van der Waals surface area contributed by atoms with Gasteiger partial charge in [-0.1, -0.05) is 0 Å². The topological polar surface area (TPSA) is 88.1 Å². The minimum atomic E-state index is -0.625. The van der Waals surface area contributed by atoms with Gasteiger partial charge in [-0.15, -0.1) is 0 Å². The predicted octanol–water partition coefficient (Wildman–Crippen LogP) is 2.14. The van der Waals surface area contributed by atoms with Crippen LogP contribution in [0.3, 0.4) is 0 Å². The Morgan fingerprint density at radius 1 is 1.45 bits per heavy atom. The third-order valence-electron chi connectivity index (χ3n) is 2.77. The maximum absolute atomic E-state index is 11.7. The first-order chi connectivity index (χ1) is 9.58. The molecule has 2 aromatic rings. The van der Waals surface area contributed by atoms with E-state index in [4.69, 9.17) is 10.00 Å². The molecule has 0 saturated carbocycles. The average Bonchev–Trinajstić information content (AvgIpc) is 2.74. The number of esters is 1. The van der Waals surface area contributed by atoms with Crippen LogP contribution in [0.5, 0.6) is 0 Å². The highest BCUT2D eigenvalue weighted by atomic mass is 16.5.